The van der Waals surface area contributed by atoms with Crippen molar-refractivity contribution in [3.8, 4) is 5.75 Å². The van der Waals surface area contributed by atoms with E-state index < -0.39 is 0 Å². The van der Waals surface area contributed by atoms with E-state index in [1.54, 1.807) is 7.11 Å². The minimum Gasteiger partial charge on any atom is -0.496 e. The Kier molecular flexibility index (Phi) is 2.91. The van der Waals surface area contributed by atoms with Gasteiger partial charge in [0.2, 0.25) is 0 Å². The number of benzene rings is 1. The van der Waals surface area contributed by atoms with Gasteiger partial charge < -0.3 is 4.74 Å². The van der Waals surface area contributed by atoms with Gasteiger partial charge in [0.05, 0.1) is 12.6 Å². The fourth-order valence-corrected chi connectivity index (χ4v) is 2.04. The molecule has 0 unspecified atom stereocenters. The van der Waals surface area contributed by atoms with Gasteiger partial charge in [0.25, 0.3) is 0 Å². The van der Waals surface area contributed by atoms with E-state index in [9.17, 15) is 0 Å². The number of pyridine rings is 1. The minimum atomic E-state index is 0.929. The van der Waals surface area contributed by atoms with Crippen LogP contribution in [0.2, 0.25) is 0 Å². The van der Waals surface area contributed by atoms with Gasteiger partial charge >= 0.3 is 0 Å². The van der Waals surface area contributed by atoms with Crippen molar-refractivity contribution in [1.29, 1.82) is 0 Å². The zero-order valence-electron chi connectivity index (χ0n) is 8.75. The molecule has 2 aromatic rings. The van der Waals surface area contributed by atoms with Gasteiger partial charge in [-0.2, -0.15) is 0 Å². The molecule has 0 saturated carbocycles. The highest BCUT2D eigenvalue weighted by Gasteiger charge is 2.07. The van der Waals surface area contributed by atoms with Crippen LogP contribution in [0.4, 0.5) is 0 Å². The summed E-state index contributed by atoms with van der Waals surface area (Å²) in [6.07, 6.45) is 2.81. The van der Waals surface area contributed by atoms with Crippen LogP contribution in [0.3, 0.4) is 0 Å². The van der Waals surface area contributed by atoms with Gasteiger partial charge in [-0.05, 0) is 24.6 Å². The summed E-state index contributed by atoms with van der Waals surface area (Å²) in [6.45, 7) is 2.10. The molecule has 1 heterocycles. The van der Waals surface area contributed by atoms with Gasteiger partial charge in [0.1, 0.15) is 5.75 Å². The van der Waals surface area contributed by atoms with Crippen molar-refractivity contribution in [3.63, 3.8) is 0 Å². The maximum Gasteiger partial charge on any atom is 0.133 e. The van der Waals surface area contributed by atoms with E-state index in [-0.39, 0.29) is 0 Å². The van der Waals surface area contributed by atoms with Gasteiger partial charge in [-0.1, -0.05) is 22.9 Å². The SMILES string of the molecule is CCc1cnc2ccc(Br)cc2c1OC. The Hall–Kier alpha value is -1.09. The summed E-state index contributed by atoms with van der Waals surface area (Å²) in [5, 5.41) is 1.06. The Balaban J connectivity index is 2.79. The van der Waals surface area contributed by atoms with Crippen molar-refractivity contribution in [2.75, 3.05) is 7.11 Å². The molecule has 0 N–H and O–H groups in total. The van der Waals surface area contributed by atoms with Crippen molar-refractivity contribution in [2.24, 2.45) is 0 Å². The summed E-state index contributed by atoms with van der Waals surface area (Å²) in [7, 11) is 1.70. The van der Waals surface area contributed by atoms with Gasteiger partial charge in [-0.15, -0.1) is 0 Å². The van der Waals surface area contributed by atoms with E-state index in [4.69, 9.17) is 4.74 Å². The van der Waals surface area contributed by atoms with Gasteiger partial charge in [-0.3, -0.25) is 4.98 Å². The molecular formula is C12H12BrNO. The lowest BCUT2D eigenvalue weighted by atomic mass is 10.1. The average molecular weight is 266 g/mol. The topological polar surface area (TPSA) is 22.1 Å². The summed E-state index contributed by atoms with van der Waals surface area (Å²) >= 11 is 3.46. The number of aromatic nitrogens is 1. The van der Waals surface area contributed by atoms with Crippen LogP contribution in [0.1, 0.15) is 12.5 Å². The van der Waals surface area contributed by atoms with E-state index in [1.165, 1.54) is 0 Å². The number of ether oxygens (including phenoxy) is 1. The van der Waals surface area contributed by atoms with Crippen LogP contribution in [-0.2, 0) is 6.42 Å². The summed E-state index contributed by atoms with van der Waals surface area (Å²) in [6, 6.07) is 6.02. The second-order valence-electron chi connectivity index (χ2n) is 3.33. The number of hydrogen-bond acceptors (Lipinski definition) is 2. The number of aryl methyl sites for hydroxylation is 1. The van der Waals surface area contributed by atoms with E-state index in [1.807, 2.05) is 24.4 Å². The highest BCUT2D eigenvalue weighted by Crippen LogP contribution is 2.30. The fraction of sp³-hybridized carbons (Fsp3) is 0.250. The predicted molar refractivity (Wildman–Crippen MR) is 65.4 cm³/mol. The van der Waals surface area contributed by atoms with Crippen LogP contribution in [0.5, 0.6) is 5.75 Å². The first-order valence-corrected chi connectivity index (χ1v) is 5.66. The van der Waals surface area contributed by atoms with E-state index >= 15 is 0 Å². The van der Waals surface area contributed by atoms with Crippen molar-refractivity contribution in [1.82, 2.24) is 4.98 Å². The molecule has 15 heavy (non-hydrogen) atoms. The molecule has 1 aromatic carbocycles. The lowest BCUT2D eigenvalue weighted by molar-refractivity contribution is 0.415. The number of nitrogens with zero attached hydrogens (tertiary/aromatic N) is 1. The lowest BCUT2D eigenvalue weighted by Crippen LogP contribution is -1.93. The Labute approximate surface area is 97.4 Å². The fourth-order valence-electron chi connectivity index (χ4n) is 1.67. The first kappa shape index (κ1) is 10.4. The smallest absolute Gasteiger partial charge is 0.133 e. The van der Waals surface area contributed by atoms with E-state index in [0.717, 1.165) is 33.1 Å². The minimum absolute atomic E-state index is 0.929. The third kappa shape index (κ3) is 1.84. The summed E-state index contributed by atoms with van der Waals surface area (Å²) < 4.78 is 6.49. The molecule has 0 spiro atoms. The number of halogens is 1. The van der Waals surface area contributed by atoms with Crippen LogP contribution in [0, 0.1) is 0 Å². The number of methoxy groups -OCH3 is 1. The molecule has 0 atom stereocenters. The lowest BCUT2D eigenvalue weighted by Gasteiger charge is -2.09. The molecule has 0 saturated heterocycles. The molecule has 0 aliphatic rings. The molecule has 0 radical (unpaired) electrons. The monoisotopic (exact) mass is 265 g/mol. The summed E-state index contributed by atoms with van der Waals surface area (Å²) in [5.41, 5.74) is 2.11. The van der Waals surface area contributed by atoms with Crippen LogP contribution in [0.25, 0.3) is 10.9 Å². The van der Waals surface area contributed by atoms with E-state index in [0.29, 0.717) is 0 Å². The van der Waals surface area contributed by atoms with Crippen LogP contribution < -0.4 is 4.74 Å². The molecule has 0 aliphatic heterocycles. The van der Waals surface area contributed by atoms with Crippen molar-refractivity contribution in [3.05, 3.63) is 34.4 Å². The average Bonchev–Trinajstić information content (AvgIpc) is 2.27. The van der Waals surface area contributed by atoms with Gasteiger partial charge in [0.15, 0.2) is 0 Å². The zero-order chi connectivity index (χ0) is 10.8. The van der Waals surface area contributed by atoms with Crippen molar-refractivity contribution in [2.45, 2.75) is 13.3 Å². The molecule has 0 aliphatic carbocycles. The van der Waals surface area contributed by atoms with Crippen molar-refractivity contribution < 1.29 is 4.74 Å². The maximum atomic E-state index is 5.44. The Bertz CT molecular complexity index is 496. The molecule has 78 valence electrons. The molecule has 0 bridgehead atoms. The third-order valence-corrected chi connectivity index (χ3v) is 2.93. The number of rotatable bonds is 2. The highest BCUT2D eigenvalue weighted by atomic mass is 79.9. The highest BCUT2D eigenvalue weighted by molar-refractivity contribution is 9.10. The number of hydrogen-bond donors (Lipinski definition) is 0. The molecule has 3 heteroatoms. The predicted octanol–water partition coefficient (Wildman–Crippen LogP) is 3.57. The summed E-state index contributed by atoms with van der Waals surface area (Å²) in [5.74, 6) is 0.934. The molecule has 2 nitrogen and oxygen atoms in total. The van der Waals surface area contributed by atoms with E-state index in [2.05, 4.69) is 27.8 Å². The Morgan fingerprint density at radius 1 is 1.40 bits per heavy atom. The largest absolute Gasteiger partial charge is 0.496 e. The molecule has 1 aromatic heterocycles. The van der Waals surface area contributed by atoms with Crippen LogP contribution in [-0.4, -0.2) is 12.1 Å². The third-order valence-electron chi connectivity index (χ3n) is 2.44. The molecule has 0 amide bonds. The van der Waals surface area contributed by atoms with Gasteiger partial charge in [-0.25, -0.2) is 0 Å². The normalized spacial score (nSPS) is 10.6. The summed E-state index contributed by atoms with van der Waals surface area (Å²) in [4.78, 5) is 4.40. The molecule has 0 fully saturated rings. The Morgan fingerprint density at radius 2 is 2.20 bits per heavy atom. The maximum absolute atomic E-state index is 5.44. The first-order valence-electron chi connectivity index (χ1n) is 4.87. The molecule has 2 rings (SSSR count). The van der Waals surface area contributed by atoms with Crippen molar-refractivity contribution >= 4 is 26.8 Å². The quantitative estimate of drug-likeness (QED) is 0.829. The second kappa shape index (κ2) is 4.19. The second-order valence-corrected chi connectivity index (χ2v) is 4.25. The Morgan fingerprint density at radius 3 is 2.87 bits per heavy atom. The van der Waals surface area contributed by atoms with Crippen LogP contribution >= 0.6 is 15.9 Å². The van der Waals surface area contributed by atoms with Gasteiger partial charge in [0, 0.05) is 21.6 Å². The standard InChI is InChI=1S/C12H12BrNO/c1-3-8-7-14-11-5-4-9(13)6-10(11)12(8)15-2/h4-7H,3H2,1-2H3. The first-order chi connectivity index (χ1) is 7.26. The van der Waals surface area contributed by atoms with Crippen LogP contribution in [0.15, 0.2) is 28.9 Å². The zero-order valence-corrected chi connectivity index (χ0v) is 10.3. The number of fused-ring (bicyclic) bond motifs is 1. The molecular weight excluding hydrogens is 254 g/mol.